The molecule has 22 nitrogen and oxygen atoms in total. The molecule has 0 aliphatic heterocycles. The van der Waals surface area contributed by atoms with Gasteiger partial charge in [0.05, 0.1) is 15.3 Å². The van der Waals surface area contributed by atoms with Gasteiger partial charge in [0.15, 0.2) is 11.1 Å². The Bertz CT molecular complexity index is 979. The van der Waals surface area contributed by atoms with Gasteiger partial charge in [0.2, 0.25) is 24.1 Å². The summed E-state index contributed by atoms with van der Waals surface area (Å²) in [5, 5.41) is 82.1. The van der Waals surface area contributed by atoms with Gasteiger partial charge in [-0.25, -0.2) is 9.48 Å². The van der Waals surface area contributed by atoms with Gasteiger partial charge in [0.1, 0.15) is 12.7 Å². The van der Waals surface area contributed by atoms with Crippen LogP contribution >= 0.6 is 0 Å². The van der Waals surface area contributed by atoms with Crippen LogP contribution in [0.1, 0.15) is 73.5 Å². The normalized spacial score (nSPS) is 10.7. The number of rotatable bonds is 2. The van der Waals surface area contributed by atoms with E-state index in [2.05, 4.69) is 34.2 Å². The average Bonchev–Trinajstić information content (AvgIpc) is 3.34. The summed E-state index contributed by atoms with van der Waals surface area (Å²) in [5.41, 5.74) is -0.877. The van der Waals surface area contributed by atoms with Crippen molar-refractivity contribution < 1.29 is 24.7 Å². The molecule has 0 N–H and O–H groups in total. The highest BCUT2D eigenvalue weighted by molar-refractivity contribution is 5.70. The van der Waals surface area contributed by atoms with E-state index in [1.165, 1.54) is 18.9 Å². The third-order valence-corrected chi connectivity index (χ3v) is 3.28. The van der Waals surface area contributed by atoms with Gasteiger partial charge in [0.25, 0.3) is 0 Å². The summed E-state index contributed by atoms with van der Waals surface area (Å²) in [6, 6.07) is 0. The van der Waals surface area contributed by atoms with Crippen molar-refractivity contribution in [3.8, 4) is 0 Å². The summed E-state index contributed by atoms with van der Waals surface area (Å²) in [4.78, 5) is 24.8. The minimum atomic E-state index is -1.75. The molecule has 2 aromatic rings. The van der Waals surface area contributed by atoms with Crippen molar-refractivity contribution in [2.75, 3.05) is 0 Å². The van der Waals surface area contributed by atoms with Gasteiger partial charge in [-0.2, -0.15) is 0 Å². The number of hydrogen-bond donors (Lipinski definition) is 0. The van der Waals surface area contributed by atoms with E-state index >= 15 is 0 Å². The van der Waals surface area contributed by atoms with Crippen molar-refractivity contribution in [2.45, 2.75) is 72.9 Å². The first-order chi connectivity index (χ1) is 18.4. The smallest absolute Gasteiger partial charge is 0.221 e. The Morgan fingerprint density at radius 2 is 0.829 bits per heavy atom. The second kappa shape index (κ2) is 21.7. The van der Waals surface area contributed by atoms with Crippen LogP contribution in [0.2, 0.25) is 0 Å². The lowest BCUT2D eigenvalue weighted by molar-refractivity contribution is -0.531. The Morgan fingerprint density at radius 3 is 0.951 bits per heavy atom. The van der Waals surface area contributed by atoms with Crippen LogP contribution in [0.25, 0.3) is 0 Å². The van der Waals surface area contributed by atoms with E-state index < -0.39 is 26.3 Å². The summed E-state index contributed by atoms with van der Waals surface area (Å²) in [7, 11) is 3.59. The molecule has 2 rings (SSSR count). The van der Waals surface area contributed by atoms with Crippen LogP contribution in [0.5, 0.6) is 0 Å². The first kappa shape index (κ1) is 42.9. The van der Waals surface area contributed by atoms with E-state index in [1.807, 2.05) is 41.5 Å². The molecule has 0 spiro atoms. The van der Waals surface area contributed by atoms with E-state index in [-0.39, 0.29) is 0 Å². The van der Waals surface area contributed by atoms with Crippen LogP contribution < -0.4 is 0 Å². The lowest BCUT2D eigenvalue weighted by Gasteiger charge is -2.18. The fourth-order valence-corrected chi connectivity index (χ4v) is 1.42. The Labute approximate surface area is 235 Å². The predicted octanol–water partition coefficient (Wildman–Crippen LogP) is 1.78. The first-order valence-corrected chi connectivity index (χ1v) is 11.2. The van der Waals surface area contributed by atoms with E-state index in [0.29, 0.717) is 11.6 Å². The third-order valence-electron chi connectivity index (χ3n) is 3.28. The number of aromatic nitrogens is 6. The van der Waals surface area contributed by atoms with Crippen LogP contribution in [-0.4, -0.2) is 77.8 Å². The molecule has 2 heterocycles. The molecule has 2 aromatic heterocycles. The lowest BCUT2D eigenvalue weighted by atomic mass is 10.1. The highest BCUT2D eigenvalue weighted by Gasteiger charge is 2.19. The van der Waals surface area contributed by atoms with Crippen LogP contribution in [0.3, 0.4) is 0 Å². The molecule has 22 heteroatoms. The van der Waals surface area contributed by atoms with E-state index in [4.69, 9.17) is 46.0 Å². The summed E-state index contributed by atoms with van der Waals surface area (Å²) in [6.07, 6.45) is 7.24. The molecule has 0 saturated heterocycles. The van der Waals surface area contributed by atoms with Crippen molar-refractivity contribution in [1.29, 1.82) is 0 Å². The Balaban J connectivity index is -0.000000227. The molecule has 0 aromatic carbocycles. The zero-order chi connectivity index (χ0) is 33.6. The van der Waals surface area contributed by atoms with Crippen molar-refractivity contribution in [1.82, 2.24) is 29.5 Å². The number of hydroxylamine groups is 2. The largest absolute Gasteiger partial charge is 0.623 e. The molecule has 0 unspecified atom stereocenters. The predicted molar refractivity (Wildman–Crippen MR) is 146 cm³/mol. The van der Waals surface area contributed by atoms with Crippen molar-refractivity contribution in [3.63, 3.8) is 0 Å². The molecular formula is C19H36N11O11-3. The molecule has 41 heavy (non-hydrogen) atoms. The maximum atomic E-state index is 11.5. The van der Waals surface area contributed by atoms with Crippen LogP contribution in [0.4, 0.5) is 0 Å². The maximum Gasteiger partial charge on any atom is 0.221 e. The summed E-state index contributed by atoms with van der Waals surface area (Å²) < 4.78 is 5.13. The summed E-state index contributed by atoms with van der Waals surface area (Å²) >= 11 is 0. The highest BCUT2D eigenvalue weighted by Crippen LogP contribution is 2.05. The zero-order valence-electron chi connectivity index (χ0n) is 24.4. The fourth-order valence-electron chi connectivity index (χ4n) is 1.42. The molecule has 0 amide bonds. The van der Waals surface area contributed by atoms with E-state index in [0.717, 1.165) is 9.48 Å². The Kier molecular flexibility index (Phi) is 22.7. The zero-order valence-corrected chi connectivity index (χ0v) is 24.4. The van der Waals surface area contributed by atoms with Gasteiger partial charge >= 0.3 is 0 Å². The maximum absolute atomic E-state index is 11.5. The van der Waals surface area contributed by atoms with Crippen LogP contribution in [-0.2, 0) is 14.1 Å². The molecule has 236 valence electrons. The SMILES string of the molecule is CCC.Cn1cnnc1/C=[N+](\[O-])C(C)(C)C.Cn1cnnc1/C=[N+](\[O-])C(C)(C)C.O=[N+]([O-])[O-].O=[N+]([O-])[O-].O=[N+]([O-])[O-]. The van der Waals surface area contributed by atoms with Crippen LogP contribution in [0.15, 0.2) is 12.7 Å². The molecular weight excluding hydrogens is 558 g/mol. The van der Waals surface area contributed by atoms with Gasteiger partial charge < -0.3 is 65.5 Å². The summed E-state index contributed by atoms with van der Waals surface area (Å²) in [5.74, 6) is 1.12. The Hall–Kier alpha value is -5.18. The monoisotopic (exact) mass is 594 g/mol. The minimum Gasteiger partial charge on any atom is -0.623 e. The molecule has 0 bridgehead atoms. The quantitative estimate of drug-likeness (QED) is 0.157. The third kappa shape index (κ3) is 30.9. The second-order valence-corrected chi connectivity index (χ2v) is 9.23. The fraction of sp³-hybridized carbons (Fsp3) is 0.684. The van der Waals surface area contributed by atoms with Crippen molar-refractivity contribution in [3.05, 3.63) is 80.7 Å². The van der Waals surface area contributed by atoms with Crippen molar-refractivity contribution in [2.24, 2.45) is 14.1 Å². The molecule has 0 saturated carbocycles. The minimum absolute atomic E-state index is 0.439. The van der Waals surface area contributed by atoms with Gasteiger partial charge in [-0.05, 0) is 0 Å². The first-order valence-electron chi connectivity index (χ1n) is 11.2. The number of aryl methyl sites for hydroxylation is 2. The Morgan fingerprint density at radius 1 is 0.634 bits per heavy atom. The van der Waals surface area contributed by atoms with Gasteiger partial charge in [-0.15, -0.1) is 20.4 Å². The van der Waals surface area contributed by atoms with Gasteiger partial charge in [0, 0.05) is 55.6 Å². The molecule has 0 radical (unpaired) electrons. The molecule has 0 aliphatic carbocycles. The highest BCUT2D eigenvalue weighted by atomic mass is 16.9. The standard InChI is InChI=1S/2C8H14N4O.C3H8.3NO3/c2*1-8(2,3)12(13)5-7-10-9-6-11(7)4;1-3-2;3*2-1(3)4/h2*5-6H,1-4H3;3H2,1-2H3;;;/q;;;3*-1/b2*12-5-;;;;. The van der Waals surface area contributed by atoms with E-state index in [1.54, 1.807) is 35.9 Å². The number of nitrogens with zero attached hydrogens (tertiary/aromatic N) is 11. The molecule has 0 fully saturated rings. The average molecular weight is 595 g/mol. The lowest BCUT2D eigenvalue weighted by Crippen LogP contribution is -2.29. The van der Waals surface area contributed by atoms with Gasteiger partial charge in [-0.3, -0.25) is 0 Å². The van der Waals surface area contributed by atoms with Gasteiger partial charge in [-0.1, -0.05) is 20.3 Å². The van der Waals surface area contributed by atoms with E-state index in [9.17, 15) is 10.4 Å². The number of hydrogen-bond acceptors (Lipinski definition) is 15. The summed E-state index contributed by atoms with van der Waals surface area (Å²) in [6.45, 7) is 15.3. The second-order valence-electron chi connectivity index (χ2n) is 9.23. The molecule has 0 aliphatic rings. The van der Waals surface area contributed by atoms with Crippen molar-refractivity contribution >= 4 is 12.4 Å². The topological polar surface area (TPSA) is 312 Å². The molecule has 0 atom stereocenters. The van der Waals surface area contributed by atoms with Crippen LogP contribution in [0, 0.1) is 56.4 Å².